The molecular weight excluding hydrogens is 211 g/mol. The van der Waals surface area contributed by atoms with E-state index in [0.29, 0.717) is 13.0 Å². The molecule has 1 unspecified atom stereocenters. The highest BCUT2D eigenvalue weighted by atomic mass is 19.1. The van der Waals surface area contributed by atoms with Crippen LogP contribution >= 0.6 is 0 Å². The summed E-state index contributed by atoms with van der Waals surface area (Å²) in [5, 5.41) is 12.7. The lowest BCUT2D eigenvalue weighted by atomic mass is 10.0. The van der Waals surface area contributed by atoms with E-state index in [1.807, 2.05) is 0 Å². The van der Waals surface area contributed by atoms with E-state index in [2.05, 4.69) is 10.3 Å². The van der Waals surface area contributed by atoms with Crippen LogP contribution in [0.3, 0.4) is 0 Å². The highest BCUT2D eigenvalue weighted by Gasteiger charge is 2.20. The van der Waals surface area contributed by atoms with Gasteiger partial charge in [-0.15, -0.1) is 0 Å². The van der Waals surface area contributed by atoms with E-state index in [1.165, 1.54) is 18.3 Å². The maximum atomic E-state index is 13.2. The predicted octanol–water partition coefficient (Wildman–Crippen LogP) is 1.42. The third-order valence-corrected chi connectivity index (χ3v) is 2.24. The molecule has 0 amide bonds. The minimum atomic E-state index is -0.944. The van der Waals surface area contributed by atoms with E-state index in [0.717, 1.165) is 0 Å². The number of anilines is 1. The molecule has 1 heterocycles. The van der Waals surface area contributed by atoms with Gasteiger partial charge in [-0.25, -0.2) is 9.37 Å². The Morgan fingerprint density at radius 2 is 2.38 bits per heavy atom. The number of ether oxygens (including phenoxy) is 1. The second-order valence-electron chi connectivity index (χ2n) is 3.93. The van der Waals surface area contributed by atoms with Crippen molar-refractivity contribution in [2.45, 2.75) is 18.9 Å². The van der Waals surface area contributed by atoms with Gasteiger partial charge in [0.25, 0.3) is 0 Å². The average molecular weight is 228 g/mol. The van der Waals surface area contributed by atoms with E-state index in [1.54, 1.807) is 14.0 Å². The number of nitrogens with one attached hydrogen (secondary N) is 1. The smallest absolute Gasteiger partial charge is 0.165 e. The van der Waals surface area contributed by atoms with Crippen molar-refractivity contribution in [2.24, 2.45) is 0 Å². The molecular formula is C11H17FN2O2. The number of rotatable bonds is 6. The zero-order valence-corrected chi connectivity index (χ0v) is 9.53. The van der Waals surface area contributed by atoms with Crippen LogP contribution in [-0.2, 0) is 4.74 Å². The number of pyridine rings is 1. The Morgan fingerprint density at radius 3 is 3.00 bits per heavy atom. The van der Waals surface area contributed by atoms with Crippen molar-refractivity contribution in [1.82, 2.24) is 4.98 Å². The van der Waals surface area contributed by atoms with Gasteiger partial charge < -0.3 is 15.2 Å². The molecule has 90 valence electrons. The summed E-state index contributed by atoms with van der Waals surface area (Å²) >= 11 is 0. The van der Waals surface area contributed by atoms with Crippen molar-refractivity contribution in [3.63, 3.8) is 0 Å². The molecule has 1 aromatic rings. The summed E-state index contributed by atoms with van der Waals surface area (Å²) in [5.74, 6) is -0.273. The highest BCUT2D eigenvalue weighted by Crippen LogP contribution is 2.13. The largest absolute Gasteiger partial charge is 0.388 e. The van der Waals surface area contributed by atoms with Gasteiger partial charge in [-0.3, -0.25) is 0 Å². The molecule has 0 bridgehead atoms. The SMILES string of the molecule is COCCC(C)(O)CNc1ncccc1F. The molecule has 0 fully saturated rings. The summed E-state index contributed by atoms with van der Waals surface area (Å²) in [5.41, 5.74) is -0.944. The fraction of sp³-hybridized carbons (Fsp3) is 0.545. The number of nitrogens with zero attached hydrogens (tertiary/aromatic N) is 1. The molecule has 0 radical (unpaired) electrons. The summed E-state index contributed by atoms with van der Waals surface area (Å²) in [6, 6.07) is 2.84. The monoisotopic (exact) mass is 228 g/mol. The van der Waals surface area contributed by atoms with Crippen LogP contribution in [0.25, 0.3) is 0 Å². The van der Waals surface area contributed by atoms with Crippen molar-refractivity contribution in [3.05, 3.63) is 24.1 Å². The normalized spacial score (nSPS) is 14.5. The van der Waals surface area contributed by atoms with Crippen molar-refractivity contribution >= 4 is 5.82 Å². The fourth-order valence-corrected chi connectivity index (χ4v) is 1.20. The van der Waals surface area contributed by atoms with Crippen LogP contribution in [0.4, 0.5) is 10.2 Å². The Hall–Kier alpha value is -1.20. The van der Waals surface area contributed by atoms with Gasteiger partial charge in [0.1, 0.15) is 0 Å². The topological polar surface area (TPSA) is 54.4 Å². The van der Waals surface area contributed by atoms with Crippen LogP contribution in [0.2, 0.25) is 0 Å². The van der Waals surface area contributed by atoms with Gasteiger partial charge in [-0.2, -0.15) is 0 Å². The average Bonchev–Trinajstić information content (AvgIpc) is 2.26. The summed E-state index contributed by atoms with van der Waals surface area (Å²) in [6.45, 7) is 2.35. The van der Waals surface area contributed by atoms with Crippen molar-refractivity contribution in [3.8, 4) is 0 Å². The van der Waals surface area contributed by atoms with Crippen LogP contribution in [-0.4, -0.2) is 36.0 Å². The molecule has 4 nitrogen and oxygen atoms in total. The Morgan fingerprint density at radius 1 is 1.62 bits per heavy atom. The van der Waals surface area contributed by atoms with Gasteiger partial charge in [-0.1, -0.05) is 0 Å². The second kappa shape index (κ2) is 5.77. The fourth-order valence-electron chi connectivity index (χ4n) is 1.20. The Bertz CT molecular complexity index is 332. The van der Waals surface area contributed by atoms with Crippen molar-refractivity contribution in [1.29, 1.82) is 0 Å². The number of methoxy groups -OCH3 is 1. The molecule has 16 heavy (non-hydrogen) atoms. The van der Waals surface area contributed by atoms with Gasteiger partial charge in [0.15, 0.2) is 11.6 Å². The van der Waals surface area contributed by atoms with Gasteiger partial charge in [0.2, 0.25) is 0 Å². The van der Waals surface area contributed by atoms with Crippen LogP contribution in [0, 0.1) is 5.82 Å². The van der Waals surface area contributed by atoms with Crippen LogP contribution in [0.5, 0.6) is 0 Å². The van der Waals surface area contributed by atoms with E-state index < -0.39 is 11.4 Å². The summed E-state index contributed by atoms with van der Waals surface area (Å²) in [6.07, 6.45) is 1.97. The maximum absolute atomic E-state index is 13.2. The first-order valence-electron chi connectivity index (χ1n) is 5.11. The van der Waals surface area contributed by atoms with Gasteiger partial charge in [0, 0.05) is 32.9 Å². The van der Waals surface area contributed by atoms with E-state index >= 15 is 0 Å². The molecule has 0 aliphatic carbocycles. The van der Waals surface area contributed by atoms with Gasteiger partial charge in [0.05, 0.1) is 5.60 Å². The summed E-state index contributed by atoms with van der Waals surface area (Å²) in [7, 11) is 1.57. The maximum Gasteiger partial charge on any atom is 0.165 e. The molecule has 0 saturated carbocycles. The van der Waals surface area contributed by atoms with E-state index in [-0.39, 0.29) is 12.4 Å². The predicted molar refractivity (Wildman–Crippen MR) is 59.8 cm³/mol. The molecule has 2 N–H and O–H groups in total. The minimum Gasteiger partial charge on any atom is -0.388 e. The molecule has 0 spiro atoms. The number of aromatic nitrogens is 1. The quantitative estimate of drug-likeness (QED) is 0.773. The third-order valence-electron chi connectivity index (χ3n) is 2.24. The zero-order chi connectivity index (χ0) is 12.0. The van der Waals surface area contributed by atoms with Crippen LogP contribution < -0.4 is 5.32 Å². The van der Waals surface area contributed by atoms with Crippen molar-refractivity contribution < 1.29 is 14.2 Å². The van der Waals surface area contributed by atoms with Gasteiger partial charge >= 0.3 is 0 Å². The molecule has 1 atom stereocenters. The van der Waals surface area contributed by atoms with E-state index in [4.69, 9.17) is 4.74 Å². The summed E-state index contributed by atoms with van der Waals surface area (Å²) in [4.78, 5) is 3.83. The molecule has 0 saturated heterocycles. The zero-order valence-electron chi connectivity index (χ0n) is 9.53. The lowest BCUT2D eigenvalue weighted by Gasteiger charge is -2.23. The van der Waals surface area contributed by atoms with E-state index in [9.17, 15) is 9.50 Å². The van der Waals surface area contributed by atoms with Crippen LogP contribution in [0.15, 0.2) is 18.3 Å². The van der Waals surface area contributed by atoms with Crippen LogP contribution in [0.1, 0.15) is 13.3 Å². The first-order valence-corrected chi connectivity index (χ1v) is 5.11. The highest BCUT2D eigenvalue weighted by molar-refractivity contribution is 5.35. The molecule has 1 aromatic heterocycles. The summed E-state index contributed by atoms with van der Waals surface area (Å²) < 4.78 is 18.1. The number of hydrogen-bond donors (Lipinski definition) is 2. The number of hydrogen-bond acceptors (Lipinski definition) is 4. The number of aliphatic hydroxyl groups is 1. The second-order valence-corrected chi connectivity index (χ2v) is 3.93. The Kier molecular flexibility index (Phi) is 4.64. The molecule has 1 rings (SSSR count). The van der Waals surface area contributed by atoms with Gasteiger partial charge in [-0.05, 0) is 19.1 Å². The molecule has 0 aromatic carbocycles. The Labute approximate surface area is 94.5 Å². The lowest BCUT2D eigenvalue weighted by Crippen LogP contribution is -2.35. The van der Waals surface area contributed by atoms with Crippen molar-refractivity contribution in [2.75, 3.05) is 25.6 Å². The molecule has 5 heteroatoms. The first kappa shape index (κ1) is 12.9. The first-order chi connectivity index (χ1) is 7.55. The third kappa shape index (κ3) is 4.12. The minimum absolute atomic E-state index is 0.153. The molecule has 0 aliphatic heterocycles. The molecule has 0 aliphatic rings. The number of halogens is 1. The lowest BCUT2D eigenvalue weighted by molar-refractivity contribution is 0.0356. The standard InChI is InChI=1S/C11H17FN2O2/c1-11(15,5-7-16-2)8-14-10-9(12)4-3-6-13-10/h3-4,6,15H,5,7-8H2,1-2H3,(H,13,14). The Balaban J connectivity index is 2.47.